The van der Waals surface area contributed by atoms with Crippen LogP contribution in [0.5, 0.6) is 11.5 Å². The smallest absolute Gasteiger partial charge is 0.230 e. The molecule has 1 heterocycles. The summed E-state index contributed by atoms with van der Waals surface area (Å²) < 4.78 is 10.5. The maximum absolute atomic E-state index is 5.72. The second-order valence-electron chi connectivity index (χ2n) is 3.36. The van der Waals surface area contributed by atoms with Crippen molar-refractivity contribution in [3.05, 3.63) is 23.8 Å². The summed E-state index contributed by atoms with van der Waals surface area (Å²) in [6, 6.07) is 6.02. The molecule has 0 aromatic heterocycles. The molecule has 0 aliphatic carbocycles. The number of rotatable bonds is 2. The predicted octanol–water partition coefficient (Wildman–Crippen LogP) is 1.31. The van der Waals surface area contributed by atoms with E-state index in [1.54, 1.807) is 0 Å². The zero-order valence-corrected chi connectivity index (χ0v) is 7.62. The molecule has 1 unspecified atom stereocenters. The van der Waals surface area contributed by atoms with Crippen LogP contribution in [0.3, 0.4) is 0 Å². The molecular formula is C10H13NO2. The first-order valence-corrected chi connectivity index (χ1v) is 4.40. The van der Waals surface area contributed by atoms with Gasteiger partial charge in [0.2, 0.25) is 6.79 Å². The Bertz CT molecular complexity index is 310. The number of fused-ring (bicyclic) bond motifs is 2. The molecular weight excluding hydrogens is 166 g/mol. The van der Waals surface area contributed by atoms with Crippen LogP contribution in [0, 0.1) is 0 Å². The minimum atomic E-state index is 0.161. The first-order valence-electron chi connectivity index (χ1n) is 4.40. The van der Waals surface area contributed by atoms with Crippen molar-refractivity contribution in [1.29, 1.82) is 0 Å². The van der Waals surface area contributed by atoms with E-state index < -0.39 is 0 Å². The zero-order valence-electron chi connectivity index (χ0n) is 7.62. The zero-order chi connectivity index (χ0) is 9.26. The average molecular weight is 179 g/mol. The lowest BCUT2D eigenvalue weighted by atomic mass is 10.1. The number of benzene rings is 1. The second-order valence-corrected chi connectivity index (χ2v) is 3.36. The first kappa shape index (κ1) is 8.38. The van der Waals surface area contributed by atoms with Gasteiger partial charge in [-0.1, -0.05) is 6.07 Å². The minimum absolute atomic E-state index is 0.161. The maximum Gasteiger partial charge on any atom is 0.230 e. The van der Waals surface area contributed by atoms with Gasteiger partial charge in [0.25, 0.3) is 0 Å². The Morgan fingerprint density at radius 2 is 2.31 bits per heavy atom. The Hall–Kier alpha value is -1.22. The fourth-order valence-electron chi connectivity index (χ4n) is 1.44. The summed E-state index contributed by atoms with van der Waals surface area (Å²) in [5, 5.41) is 0. The normalized spacial score (nSPS) is 15.8. The van der Waals surface area contributed by atoms with Gasteiger partial charge in [-0.3, -0.25) is 0 Å². The summed E-state index contributed by atoms with van der Waals surface area (Å²) in [6.45, 7) is 2.30. The molecule has 1 aromatic carbocycles. The van der Waals surface area contributed by atoms with Crippen LogP contribution in [-0.2, 0) is 6.42 Å². The highest BCUT2D eigenvalue weighted by atomic mass is 16.7. The van der Waals surface area contributed by atoms with Gasteiger partial charge in [-0.2, -0.15) is 0 Å². The lowest BCUT2D eigenvalue weighted by molar-refractivity contribution is 0.104. The molecule has 2 rings (SSSR count). The topological polar surface area (TPSA) is 44.5 Å². The van der Waals surface area contributed by atoms with Crippen molar-refractivity contribution in [2.75, 3.05) is 6.79 Å². The molecule has 2 N–H and O–H groups in total. The predicted molar refractivity (Wildman–Crippen MR) is 49.9 cm³/mol. The first-order chi connectivity index (χ1) is 6.25. The van der Waals surface area contributed by atoms with Crippen molar-refractivity contribution in [2.45, 2.75) is 19.4 Å². The van der Waals surface area contributed by atoms with E-state index in [0.717, 1.165) is 23.5 Å². The standard InChI is InChI=1S/C10H13NO2/c1-7(11)4-8-2-3-9-5-10(8)13-6-12-9/h2-3,5,7H,4,6,11H2,1H3. The van der Waals surface area contributed by atoms with E-state index in [2.05, 4.69) is 0 Å². The summed E-state index contributed by atoms with van der Waals surface area (Å²) in [4.78, 5) is 0. The molecule has 2 bridgehead atoms. The molecule has 1 aliphatic rings. The van der Waals surface area contributed by atoms with Crippen molar-refractivity contribution >= 4 is 0 Å². The third kappa shape index (κ3) is 1.75. The Labute approximate surface area is 77.5 Å². The number of ether oxygens (including phenoxy) is 2. The molecule has 1 aliphatic heterocycles. The Morgan fingerprint density at radius 3 is 3.08 bits per heavy atom. The summed E-state index contributed by atoms with van der Waals surface area (Å²) >= 11 is 0. The van der Waals surface area contributed by atoms with Crippen molar-refractivity contribution < 1.29 is 9.47 Å². The van der Waals surface area contributed by atoms with Crippen LogP contribution < -0.4 is 15.2 Å². The molecule has 1 aromatic rings. The van der Waals surface area contributed by atoms with Gasteiger partial charge < -0.3 is 15.2 Å². The lowest BCUT2D eigenvalue weighted by Crippen LogP contribution is -2.19. The van der Waals surface area contributed by atoms with Gasteiger partial charge in [-0.15, -0.1) is 0 Å². The summed E-state index contributed by atoms with van der Waals surface area (Å²) in [6.07, 6.45) is 0.843. The highest BCUT2D eigenvalue weighted by molar-refractivity contribution is 5.42. The van der Waals surface area contributed by atoms with Crippen LogP contribution in [0.15, 0.2) is 18.2 Å². The van der Waals surface area contributed by atoms with Crippen LogP contribution in [-0.4, -0.2) is 12.8 Å². The van der Waals surface area contributed by atoms with Gasteiger partial charge in [-0.25, -0.2) is 0 Å². The largest absolute Gasteiger partial charge is 0.457 e. The van der Waals surface area contributed by atoms with Gasteiger partial charge in [-0.05, 0) is 25.0 Å². The molecule has 0 spiro atoms. The fourth-order valence-corrected chi connectivity index (χ4v) is 1.44. The van der Waals surface area contributed by atoms with Crippen LogP contribution in [0.25, 0.3) is 0 Å². The lowest BCUT2D eigenvalue weighted by Gasteiger charge is -2.19. The van der Waals surface area contributed by atoms with E-state index in [1.165, 1.54) is 0 Å². The Morgan fingerprint density at radius 1 is 1.46 bits per heavy atom. The van der Waals surface area contributed by atoms with Gasteiger partial charge in [0.1, 0.15) is 11.5 Å². The molecule has 13 heavy (non-hydrogen) atoms. The van der Waals surface area contributed by atoms with Crippen molar-refractivity contribution in [3.63, 3.8) is 0 Å². The second kappa shape index (κ2) is 3.26. The Balaban J connectivity index is 2.27. The quantitative estimate of drug-likeness (QED) is 0.744. The van der Waals surface area contributed by atoms with Crippen LogP contribution in [0.4, 0.5) is 0 Å². The molecule has 0 saturated heterocycles. The highest BCUT2D eigenvalue weighted by Crippen LogP contribution is 2.28. The maximum atomic E-state index is 5.72. The van der Waals surface area contributed by atoms with Crippen molar-refractivity contribution in [1.82, 2.24) is 0 Å². The molecule has 70 valence electrons. The van der Waals surface area contributed by atoms with Gasteiger partial charge in [0, 0.05) is 12.1 Å². The number of nitrogens with two attached hydrogens (primary N) is 1. The molecule has 0 fully saturated rings. The minimum Gasteiger partial charge on any atom is -0.457 e. The van der Waals surface area contributed by atoms with E-state index in [1.807, 2.05) is 25.1 Å². The summed E-state index contributed by atoms with van der Waals surface area (Å²) in [5.74, 6) is 1.77. The molecule has 0 amide bonds. The number of hydrogen-bond donors (Lipinski definition) is 1. The van der Waals surface area contributed by atoms with E-state index in [0.29, 0.717) is 6.79 Å². The van der Waals surface area contributed by atoms with Gasteiger partial charge in [0.15, 0.2) is 0 Å². The molecule has 0 radical (unpaired) electrons. The van der Waals surface area contributed by atoms with E-state index in [4.69, 9.17) is 15.2 Å². The molecule has 3 heteroatoms. The fraction of sp³-hybridized carbons (Fsp3) is 0.400. The van der Waals surface area contributed by atoms with Crippen LogP contribution in [0.2, 0.25) is 0 Å². The molecule has 1 atom stereocenters. The van der Waals surface area contributed by atoms with E-state index in [-0.39, 0.29) is 6.04 Å². The van der Waals surface area contributed by atoms with Crippen molar-refractivity contribution in [2.24, 2.45) is 5.73 Å². The summed E-state index contributed by atoms with van der Waals surface area (Å²) in [7, 11) is 0. The summed E-state index contributed by atoms with van der Waals surface area (Å²) in [5.41, 5.74) is 6.87. The third-order valence-electron chi connectivity index (χ3n) is 2.02. The van der Waals surface area contributed by atoms with Crippen molar-refractivity contribution in [3.8, 4) is 11.5 Å². The van der Waals surface area contributed by atoms with Gasteiger partial charge >= 0.3 is 0 Å². The van der Waals surface area contributed by atoms with Gasteiger partial charge in [0.05, 0.1) is 0 Å². The third-order valence-corrected chi connectivity index (χ3v) is 2.02. The number of hydrogen-bond acceptors (Lipinski definition) is 3. The van der Waals surface area contributed by atoms with E-state index >= 15 is 0 Å². The van der Waals surface area contributed by atoms with Crippen LogP contribution in [0.1, 0.15) is 12.5 Å². The Kier molecular flexibility index (Phi) is 2.10. The highest BCUT2D eigenvalue weighted by Gasteiger charge is 2.11. The monoisotopic (exact) mass is 179 g/mol. The van der Waals surface area contributed by atoms with Crippen LogP contribution >= 0.6 is 0 Å². The molecule has 3 nitrogen and oxygen atoms in total. The SMILES string of the molecule is CC(N)Cc1ccc2cc1OCO2. The van der Waals surface area contributed by atoms with E-state index in [9.17, 15) is 0 Å². The average Bonchev–Trinajstić information content (AvgIpc) is 2.10. The molecule has 0 saturated carbocycles.